The van der Waals surface area contributed by atoms with E-state index in [0.717, 1.165) is 34.0 Å². The second-order valence-electron chi connectivity index (χ2n) is 6.53. The maximum Gasteiger partial charge on any atom is 0.322 e. The number of anilines is 1. The summed E-state index contributed by atoms with van der Waals surface area (Å²) in [4.78, 5) is 25.3. The van der Waals surface area contributed by atoms with Gasteiger partial charge >= 0.3 is 5.97 Å². The number of carbonyl (C=O) groups is 2. The molecule has 0 unspecified atom stereocenters. The number of sulfonamides is 1. The minimum absolute atomic E-state index is 0.00471. The number of aliphatic carboxylic acids is 1. The topological polar surface area (TPSA) is 95.0 Å². The first-order valence-corrected chi connectivity index (χ1v) is 9.54. The maximum absolute atomic E-state index is 13.0. The van der Waals surface area contributed by atoms with E-state index in [2.05, 4.69) is 0 Å². The molecule has 0 saturated carbocycles. The molecular weight excluding hydrogens is 332 g/mol. The van der Waals surface area contributed by atoms with Crippen molar-refractivity contribution >= 4 is 27.6 Å². The molecule has 1 amide bonds. The van der Waals surface area contributed by atoms with Crippen molar-refractivity contribution in [2.24, 2.45) is 0 Å². The molecule has 128 valence electrons. The van der Waals surface area contributed by atoms with Gasteiger partial charge in [0.15, 0.2) is 0 Å². The van der Waals surface area contributed by atoms with E-state index in [1.807, 2.05) is 0 Å². The van der Waals surface area contributed by atoms with Crippen molar-refractivity contribution in [1.82, 2.24) is 4.31 Å². The lowest BCUT2D eigenvalue weighted by Gasteiger charge is -2.27. The summed E-state index contributed by atoms with van der Waals surface area (Å²) in [6.45, 7) is 0.898. The number of hydrogen-bond donors (Lipinski definition) is 1. The van der Waals surface area contributed by atoms with Crippen LogP contribution >= 0.6 is 0 Å². The summed E-state index contributed by atoms with van der Waals surface area (Å²) >= 11 is 0. The Kier molecular flexibility index (Phi) is 3.43. The minimum atomic E-state index is -3.88. The summed E-state index contributed by atoms with van der Waals surface area (Å²) < 4.78 is 27.0. The molecule has 0 spiro atoms. The van der Waals surface area contributed by atoms with Crippen molar-refractivity contribution in [3.8, 4) is 0 Å². The van der Waals surface area contributed by atoms with Crippen LogP contribution in [0.15, 0.2) is 17.0 Å². The first-order valence-electron chi connectivity index (χ1n) is 8.10. The van der Waals surface area contributed by atoms with Gasteiger partial charge in [-0.25, -0.2) is 8.42 Å². The van der Waals surface area contributed by atoms with Crippen molar-refractivity contribution < 1.29 is 23.1 Å². The van der Waals surface area contributed by atoms with E-state index in [-0.39, 0.29) is 23.8 Å². The minimum Gasteiger partial charge on any atom is -0.480 e. The van der Waals surface area contributed by atoms with Gasteiger partial charge in [0.1, 0.15) is 6.04 Å². The van der Waals surface area contributed by atoms with Crippen LogP contribution in [0.2, 0.25) is 0 Å². The lowest BCUT2D eigenvalue weighted by molar-refractivity contribution is -0.140. The third-order valence-electron chi connectivity index (χ3n) is 5.08. The van der Waals surface area contributed by atoms with Gasteiger partial charge in [0.05, 0.1) is 17.0 Å². The fourth-order valence-corrected chi connectivity index (χ4v) is 5.76. The predicted molar refractivity (Wildman–Crippen MR) is 85.4 cm³/mol. The SMILES string of the molecule is O=C(O)[C@@H]1CCCN1S(=O)(=O)c1cc2c3c(c1)CC(=O)N3CCC2. The summed E-state index contributed by atoms with van der Waals surface area (Å²) in [5, 5.41) is 9.27. The largest absolute Gasteiger partial charge is 0.480 e. The number of carboxylic acid groups (broad SMARTS) is 1. The number of amides is 1. The average Bonchev–Trinajstić information content (AvgIpc) is 3.15. The molecule has 0 radical (unpaired) electrons. The van der Waals surface area contributed by atoms with Crippen LogP contribution in [0.4, 0.5) is 5.69 Å². The molecule has 0 bridgehead atoms. The van der Waals surface area contributed by atoms with Gasteiger partial charge in [0.2, 0.25) is 15.9 Å². The van der Waals surface area contributed by atoms with Gasteiger partial charge in [-0.05, 0) is 48.9 Å². The Morgan fingerprint density at radius 1 is 1.17 bits per heavy atom. The molecule has 24 heavy (non-hydrogen) atoms. The third-order valence-corrected chi connectivity index (χ3v) is 6.96. The molecule has 0 aromatic heterocycles. The zero-order valence-electron chi connectivity index (χ0n) is 13.1. The maximum atomic E-state index is 13.0. The molecule has 1 fully saturated rings. The molecular formula is C16H18N2O5S. The van der Waals surface area contributed by atoms with Crippen molar-refractivity contribution in [3.05, 3.63) is 23.3 Å². The summed E-state index contributed by atoms with van der Waals surface area (Å²) in [5.41, 5.74) is 2.47. The molecule has 7 nitrogen and oxygen atoms in total. The Hall–Kier alpha value is -1.93. The smallest absolute Gasteiger partial charge is 0.322 e. The Bertz CT molecular complexity index is 848. The van der Waals surface area contributed by atoms with Gasteiger partial charge in [0, 0.05) is 13.1 Å². The van der Waals surface area contributed by atoms with Gasteiger partial charge in [-0.3, -0.25) is 9.59 Å². The average molecular weight is 350 g/mol. The lowest BCUT2D eigenvalue weighted by Crippen LogP contribution is -2.40. The van der Waals surface area contributed by atoms with Gasteiger partial charge in [-0.15, -0.1) is 0 Å². The molecule has 3 aliphatic rings. The molecule has 4 rings (SSSR count). The van der Waals surface area contributed by atoms with Crippen LogP contribution in [0, 0.1) is 0 Å². The summed E-state index contributed by atoms with van der Waals surface area (Å²) in [7, 11) is -3.88. The van der Waals surface area contributed by atoms with E-state index in [4.69, 9.17) is 0 Å². The monoisotopic (exact) mass is 350 g/mol. The molecule has 1 saturated heterocycles. The van der Waals surface area contributed by atoms with Crippen LogP contribution in [-0.2, 0) is 32.5 Å². The van der Waals surface area contributed by atoms with Gasteiger partial charge in [0.25, 0.3) is 0 Å². The highest BCUT2D eigenvalue weighted by Gasteiger charge is 2.41. The predicted octanol–water partition coefficient (Wildman–Crippen LogP) is 0.760. The second kappa shape index (κ2) is 5.29. The lowest BCUT2D eigenvalue weighted by atomic mass is 10.0. The van der Waals surface area contributed by atoms with Crippen LogP contribution in [0.3, 0.4) is 0 Å². The highest BCUT2D eigenvalue weighted by atomic mass is 32.2. The highest BCUT2D eigenvalue weighted by Crippen LogP contribution is 2.39. The quantitative estimate of drug-likeness (QED) is 0.868. The number of rotatable bonds is 3. The Morgan fingerprint density at radius 3 is 2.67 bits per heavy atom. The number of hydrogen-bond acceptors (Lipinski definition) is 4. The van der Waals surface area contributed by atoms with Crippen LogP contribution in [0.1, 0.15) is 30.4 Å². The first-order chi connectivity index (χ1) is 11.4. The molecule has 3 aliphatic heterocycles. The second-order valence-corrected chi connectivity index (χ2v) is 8.42. The number of benzene rings is 1. The van der Waals surface area contributed by atoms with Crippen molar-refractivity contribution in [2.45, 2.75) is 43.0 Å². The number of aryl methyl sites for hydroxylation is 1. The number of carbonyl (C=O) groups excluding carboxylic acids is 1. The third kappa shape index (κ3) is 2.16. The zero-order chi connectivity index (χ0) is 17.1. The molecule has 0 aliphatic carbocycles. The first kappa shape index (κ1) is 15.6. The van der Waals surface area contributed by atoms with Crippen molar-refractivity contribution in [1.29, 1.82) is 0 Å². The molecule has 1 aromatic carbocycles. The number of nitrogens with zero attached hydrogens (tertiary/aromatic N) is 2. The van der Waals surface area contributed by atoms with E-state index in [0.29, 0.717) is 19.4 Å². The number of carboxylic acids is 1. The molecule has 1 aromatic rings. The van der Waals surface area contributed by atoms with E-state index in [1.54, 1.807) is 17.0 Å². The summed E-state index contributed by atoms with van der Waals surface area (Å²) in [6.07, 6.45) is 2.63. The Balaban J connectivity index is 1.79. The Morgan fingerprint density at radius 2 is 1.92 bits per heavy atom. The Labute approximate surface area is 139 Å². The van der Waals surface area contributed by atoms with E-state index >= 15 is 0 Å². The fraction of sp³-hybridized carbons (Fsp3) is 0.500. The standard InChI is InChI=1S/C16H18N2O5S/c19-14-9-11-8-12(7-10-3-1-5-17(14)15(10)11)24(22,23)18-6-2-4-13(18)16(20)21/h7-8,13H,1-6,9H2,(H,20,21)/t13-/m0/s1. The van der Waals surface area contributed by atoms with E-state index in [9.17, 15) is 23.1 Å². The van der Waals surface area contributed by atoms with Crippen molar-refractivity contribution in [2.75, 3.05) is 18.0 Å². The van der Waals surface area contributed by atoms with E-state index < -0.39 is 22.0 Å². The summed E-state index contributed by atoms with van der Waals surface area (Å²) in [5.74, 6) is -1.11. The van der Waals surface area contributed by atoms with Crippen LogP contribution in [-0.4, -0.2) is 48.8 Å². The normalized spacial score (nSPS) is 23.6. The van der Waals surface area contributed by atoms with E-state index in [1.165, 1.54) is 0 Å². The van der Waals surface area contributed by atoms with Crippen molar-refractivity contribution in [3.63, 3.8) is 0 Å². The van der Waals surface area contributed by atoms with Gasteiger partial charge < -0.3 is 10.0 Å². The highest BCUT2D eigenvalue weighted by molar-refractivity contribution is 7.89. The summed E-state index contributed by atoms with van der Waals surface area (Å²) in [6, 6.07) is 2.17. The zero-order valence-corrected chi connectivity index (χ0v) is 13.9. The molecule has 8 heteroatoms. The van der Waals surface area contributed by atoms with Crippen LogP contribution < -0.4 is 4.90 Å². The van der Waals surface area contributed by atoms with Gasteiger partial charge in [-0.2, -0.15) is 4.31 Å². The van der Waals surface area contributed by atoms with Gasteiger partial charge in [-0.1, -0.05) is 0 Å². The molecule has 3 heterocycles. The fourth-order valence-electron chi connectivity index (χ4n) is 4.01. The van der Waals surface area contributed by atoms with Crippen LogP contribution in [0.25, 0.3) is 0 Å². The molecule has 1 N–H and O–H groups in total. The molecule has 1 atom stereocenters. The van der Waals surface area contributed by atoms with Crippen LogP contribution in [0.5, 0.6) is 0 Å².